The summed E-state index contributed by atoms with van der Waals surface area (Å²) in [5.41, 5.74) is 1.99. The fourth-order valence-corrected chi connectivity index (χ4v) is 3.02. The number of carbonyl (C=O) groups is 1. The summed E-state index contributed by atoms with van der Waals surface area (Å²) in [5, 5.41) is 5.67. The molecule has 2 heterocycles. The van der Waals surface area contributed by atoms with E-state index in [0.29, 0.717) is 18.5 Å². The van der Waals surface area contributed by atoms with Gasteiger partial charge in [-0.15, -0.1) is 11.3 Å². The predicted octanol–water partition coefficient (Wildman–Crippen LogP) is 3.02. The van der Waals surface area contributed by atoms with Crippen molar-refractivity contribution in [1.82, 2.24) is 5.32 Å². The van der Waals surface area contributed by atoms with E-state index >= 15 is 0 Å². The van der Waals surface area contributed by atoms with E-state index in [1.807, 2.05) is 36.6 Å². The van der Waals surface area contributed by atoms with E-state index in [2.05, 4.69) is 5.32 Å². The van der Waals surface area contributed by atoms with Crippen LogP contribution < -0.4 is 10.9 Å². The third kappa shape index (κ3) is 3.26. The van der Waals surface area contributed by atoms with Crippen LogP contribution in [0.25, 0.3) is 11.0 Å². The molecular weight excluding hydrogens is 298 g/mol. The summed E-state index contributed by atoms with van der Waals surface area (Å²) in [7, 11) is 0. The quantitative estimate of drug-likeness (QED) is 0.753. The van der Waals surface area contributed by atoms with Crippen LogP contribution in [0.2, 0.25) is 0 Å². The summed E-state index contributed by atoms with van der Waals surface area (Å²) in [4.78, 5) is 24.6. The van der Waals surface area contributed by atoms with Gasteiger partial charge in [0.25, 0.3) is 0 Å². The van der Waals surface area contributed by atoms with Gasteiger partial charge in [-0.1, -0.05) is 17.7 Å². The van der Waals surface area contributed by atoms with E-state index in [1.165, 1.54) is 6.07 Å². The van der Waals surface area contributed by atoms with Crippen LogP contribution in [0, 0.1) is 6.92 Å². The van der Waals surface area contributed by atoms with Crippen LogP contribution in [-0.2, 0) is 17.8 Å². The highest BCUT2D eigenvalue weighted by Gasteiger charge is 2.08. The van der Waals surface area contributed by atoms with Gasteiger partial charge in [-0.05, 0) is 36.1 Å². The van der Waals surface area contributed by atoms with Crippen molar-refractivity contribution in [2.75, 3.05) is 0 Å². The average Bonchev–Trinajstić information content (AvgIpc) is 2.98. The number of nitrogens with one attached hydrogen (secondary N) is 1. The summed E-state index contributed by atoms with van der Waals surface area (Å²) in [5.74, 6) is -0.0588. The molecule has 5 heteroatoms. The number of hydrogen-bond acceptors (Lipinski definition) is 4. The molecular formula is C17H15NO3S. The van der Waals surface area contributed by atoms with Gasteiger partial charge in [0.2, 0.25) is 5.91 Å². The first-order chi connectivity index (χ1) is 10.6. The van der Waals surface area contributed by atoms with Gasteiger partial charge < -0.3 is 9.73 Å². The Labute approximate surface area is 131 Å². The van der Waals surface area contributed by atoms with Gasteiger partial charge in [-0.3, -0.25) is 4.79 Å². The number of benzene rings is 1. The molecule has 1 N–H and O–H groups in total. The van der Waals surface area contributed by atoms with Crippen LogP contribution in [0.15, 0.2) is 51.0 Å². The van der Waals surface area contributed by atoms with E-state index in [-0.39, 0.29) is 5.91 Å². The molecule has 0 atom stereocenters. The van der Waals surface area contributed by atoms with Gasteiger partial charge in [0.15, 0.2) is 0 Å². The van der Waals surface area contributed by atoms with E-state index in [0.717, 1.165) is 21.4 Å². The van der Waals surface area contributed by atoms with Crippen molar-refractivity contribution in [3.05, 3.63) is 68.2 Å². The second-order valence-electron chi connectivity index (χ2n) is 5.12. The summed E-state index contributed by atoms with van der Waals surface area (Å²) < 4.78 is 5.18. The molecule has 0 bridgehead atoms. The van der Waals surface area contributed by atoms with Crippen molar-refractivity contribution in [3.8, 4) is 0 Å². The van der Waals surface area contributed by atoms with Crippen molar-refractivity contribution in [2.45, 2.75) is 19.9 Å². The molecule has 0 aliphatic rings. The largest absolute Gasteiger partial charge is 0.423 e. The molecule has 22 heavy (non-hydrogen) atoms. The maximum atomic E-state index is 12.0. The van der Waals surface area contributed by atoms with Crippen molar-refractivity contribution in [1.29, 1.82) is 0 Å². The Balaban J connectivity index is 1.80. The minimum absolute atomic E-state index is 0.0588. The average molecular weight is 313 g/mol. The first-order valence-electron chi connectivity index (χ1n) is 6.94. The SMILES string of the molecule is Cc1ccc2oc(=O)cc(CNC(=O)Cc3cccs3)c2c1. The van der Waals surface area contributed by atoms with Gasteiger partial charge in [0.1, 0.15) is 5.58 Å². The fraction of sp³-hybridized carbons (Fsp3) is 0.176. The van der Waals surface area contributed by atoms with Crippen LogP contribution in [0.1, 0.15) is 16.0 Å². The Bertz CT molecular complexity index is 865. The number of fused-ring (bicyclic) bond motifs is 1. The number of carbonyl (C=O) groups excluding carboxylic acids is 1. The van der Waals surface area contributed by atoms with Gasteiger partial charge >= 0.3 is 5.63 Å². The van der Waals surface area contributed by atoms with Gasteiger partial charge in [0.05, 0.1) is 6.42 Å². The Kier molecular flexibility index (Phi) is 4.06. The van der Waals surface area contributed by atoms with E-state index < -0.39 is 5.63 Å². The molecule has 0 spiro atoms. The van der Waals surface area contributed by atoms with Crippen molar-refractivity contribution < 1.29 is 9.21 Å². The van der Waals surface area contributed by atoms with Crippen LogP contribution >= 0.6 is 11.3 Å². The van der Waals surface area contributed by atoms with Crippen LogP contribution in [0.4, 0.5) is 0 Å². The zero-order chi connectivity index (χ0) is 15.5. The molecule has 0 radical (unpaired) electrons. The first-order valence-corrected chi connectivity index (χ1v) is 7.82. The van der Waals surface area contributed by atoms with Crippen LogP contribution in [0.3, 0.4) is 0 Å². The fourth-order valence-electron chi connectivity index (χ4n) is 2.32. The lowest BCUT2D eigenvalue weighted by Gasteiger charge is -2.08. The molecule has 2 aromatic heterocycles. The molecule has 0 aliphatic heterocycles. The zero-order valence-corrected chi connectivity index (χ0v) is 12.9. The van der Waals surface area contributed by atoms with E-state index in [9.17, 15) is 9.59 Å². The van der Waals surface area contributed by atoms with Crippen LogP contribution in [-0.4, -0.2) is 5.91 Å². The second-order valence-corrected chi connectivity index (χ2v) is 6.16. The van der Waals surface area contributed by atoms with E-state index in [4.69, 9.17) is 4.42 Å². The Morgan fingerprint density at radius 3 is 2.91 bits per heavy atom. The summed E-state index contributed by atoms with van der Waals surface area (Å²) in [6.07, 6.45) is 0.357. The Morgan fingerprint density at radius 1 is 1.27 bits per heavy atom. The number of hydrogen-bond donors (Lipinski definition) is 1. The predicted molar refractivity (Wildman–Crippen MR) is 87.1 cm³/mol. The summed E-state index contributed by atoms with van der Waals surface area (Å²) in [6.45, 7) is 2.29. The maximum absolute atomic E-state index is 12.0. The van der Waals surface area contributed by atoms with E-state index in [1.54, 1.807) is 17.4 Å². The molecule has 1 amide bonds. The lowest BCUT2D eigenvalue weighted by atomic mass is 10.1. The number of amides is 1. The van der Waals surface area contributed by atoms with Crippen molar-refractivity contribution >= 4 is 28.2 Å². The summed E-state index contributed by atoms with van der Waals surface area (Å²) >= 11 is 1.55. The molecule has 1 aromatic carbocycles. The molecule has 0 unspecified atom stereocenters. The Morgan fingerprint density at radius 2 is 2.14 bits per heavy atom. The second kappa shape index (κ2) is 6.15. The maximum Gasteiger partial charge on any atom is 0.336 e. The smallest absolute Gasteiger partial charge is 0.336 e. The Hall–Kier alpha value is -2.40. The zero-order valence-electron chi connectivity index (χ0n) is 12.1. The van der Waals surface area contributed by atoms with Gasteiger partial charge in [-0.2, -0.15) is 0 Å². The molecule has 112 valence electrons. The molecule has 0 saturated carbocycles. The topological polar surface area (TPSA) is 59.3 Å². The number of thiophene rings is 1. The normalized spacial score (nSPS) is 10.8. The molecule has 0 saturated heterocycles. The lowest BCUT2D eigenvalue weighted by Crippen LogP contribution is -2.24. The summed E-state index contributed by atoms with van der Waals surface area (Å²) in [6, 6.07) is 10.9. The van der Waals surface area contributed by atoms with Crippen molar-refractivity contribution in [3.63, 3.8) is 0 Å². The highest BCUT2D eigenvalue weighted by molar-refractivity contribution is 7.10. The van der Waals surface area contributed by atoms with Crippen molar-refractivity contribution in [2.24, 2.45) is 0 Å². The molecule has 0 aliphatic carbocycles. The molecule has 3 rings (SSSR count). The minimum atomic E-state index is -0.404. The van der Waals surface area contributed by atoms with Gasteiger partial charge in [-0.25, -0.2) is 4.79 Å². The van der Waals surface area contributed by atoms with Gasteiger partial charge in [0, 0.05) is 22.9 Å². The lowest BCUT2D eigenvalue weighted by molar-refractivity contribution is -0.120. The third-order valence-corrected chi connectivity index (χ3v) is 4.25. The molecule has 4 nitrogen and oxygen atoms in total. The standard InChI is InChI=1S/C17H15NO3S/c1-11-4-5-15-14(7-11)12(8-17(20)21-15)10-18-16(19)9-13-3-2-6-22-13/h2-8H,9-10H2,1H3,(H,18,19). The number of aryl methyl sites for hydroxylation is 1. The van der Waals surface area contributed by atoms with Crippen LogP contribution in [0.5, 0.6) is 0 Å². The third-order valence-electron chi connectivity index (χ3n) is 3.37. The highest BCUT2D eigenvalue weighted by atomic mass is 32.1. The first kappa shape index (κ1) is 14.5. The minimum Gasteiger partial charge on any atom is -0.423 e. The molecule has 0 fully saturated rings. The monoisotopic (exact) mass is 313 g/mol. The highest BCUT2D eigenvalue weighted by Crippen LogP contribution is 2.18. The number of rotatable bonds is 4. The molecule has 3 aromatic rings.